The van der Waals surface area contributed by atoms with Crippen LogP contribution in [0.4, 0.5) is 14.5 Å². The molecule has 23 heavy (non-hydrogen) atoms. The molecule has 0 unspecified atom stereocenters. The van der Waals surface area contributed by atoms with Crippen LogP contribution in [0.25, 0.3) is 0 Å². The summed E-state index contributed by atoms with van der Waals surface area (Å²) < 4.78 is 24.9. The van der Waals surface area contributed by atoms with Gasteiger partial charge in [0.1, 0.15) is 10.8 Å². The molecule has 1 amide bonds. The average molecular weight is 341 g/mol. The Bertz CT molecular complexity index is 714. The Morgan fingerprint density at radius 2 is 1.96 bits per heavy atom. The third kappa shape index (κ3) is 4.41. The van der Waals surface area contributed by atoms with E-state index in [0.717, 1.165) is 12.3 Å². The fraction of sp³-hybridized carbons (Fsp3) is 0.333. The molecule has 2 heterocycles. The number of nitrogens with one attached hydrogen (secondary N) is 1. The standard InChI is InChI=1S/C15H15ClF2N4O/c1-15(2,3)10-6-11(16)22-13(21-10)14(23)20-8-4-5-9(12(17)18)19-7-8/h4-7,12H,1-3H3,(H,20,23). The van der Waals surface area contributed by atoms with Crippen LogP contribution in [0.1, 0.15) is 49.2 Å². The maximum atomic E-state index is 12.4. The van der Waals surface area contributed by atoms with Crippen LogP contribution in [-0.2, 0) is 5.41 Å². The number of halogens is 3. The number of aromatic nitrogens is 3. The van der Waals surface area contributed by atoms with E-state index in [-0.39, 0.29) is 27.8 Å². The number of alkyl halides is 2. The smallest absolute Gasteiger partial charge is 0.293 e. The summed E-state index contributed by atoms with van der Waals surface area (Å²) in [4.78, 5) is 23.9. The Morgan fingerprint density at radius 1 is 1.26 bits per heavy atom. The van der Waals surface area contributed by atoms with Crippen molar-refractivity contribution < 1.29 is 13.6 Å². The van der Waals surface area contributed by atoms with Gasteiger partial charge in [0.2, 0.25) is 5.82 Å². The molecule has 0 aliphatic rings. The first-order chi connectivity index (χ1) is 10.7. The summed E-state index contributed by atoms with van der Waals surface area (Å²) in [5, 5.41) is 2.65. The minimum absolute atomic E-state index is 0.0969. The zero-order chi connectivity index (χ0) is 17.2. The van der Waals surface area contributed by atoms with Gasteiger partial charge in [-0.05, 0) is 18.2 Å². The van der Waals surface area contributed by atoms with Gasteiger partial charge >= 0.3 is 0 Å². The number of amides is 1. The molecule has 0 saturated heterocycles. The SMILES string of the molecule is CC(C)(C)c1cc(Cl)nc(C(=O)Nc2ccc(C(F)F)nc2)n1. The van der Waals surface area contributed by atoms with Crippen LogP contribution in [0.5, 0.6) is 0 Å². The van der Waals surface area contributed by atoms with Gasteiger partial charge in [-0.1, -0.05) is 32.4 Å². The van der Waals surface area contributed by atoms with Crippen molar-refractivity contribution >= 4 is 23.2 Å². The second kappa shape index (κ2) is 6.54. The highest BCUT2D eigenvalue weighted by Crippen LogP contribution is 2.23. The van der Waals surface area contributed by atoms with Crippen LogP contribution in [-0.4, -0.2) is 20.9 Å². The number of hydrogen-bond acceptors (Lipinski definition) is 4. The molecular formula is C15H15ClF2N4O. The maximum absolute atomic E-state index is 12.4. The number of nitrogens with zero attached hydrogens (tertiary/aromatic N) is 3. The van der Waals surface area contributed by atoms with Crippen LogP contribution >= 0.6 is 11.6 Å². The van der Waals surface area contributed by atoms with Gasteiger partial charge < -0.3 is 5.32 Å². The molecule has 2 rings (SSSR count). The molecule has 0 spiro atoms. The topological polar surface area (TPSA) is 67.8 Å². The number of hydrogen-bond donors (Lipinski definition) is 1. The molecule has 1 N–H and O–H groups in total. The Morgan fingerprint density at radius 3 is 2.48 bits per heavy atom. The molecule has 0 saturated carbocycles. The van der Waals surface area contributed by atoms with E-state index in [4.69, 9.17) is 11.6 Å². The zero-order valence-corrected chi connectivity index (χ0v) is 13.5. The number of carbonyl (C=O) groups excluding carboxylic acids is 1. The largest absolute Gasteiger partial charge is 0.318 e. The summed E-state index contributed by atoms with van der Waals surface area (Å²) in [6, 6.07) is 4.07. The molecule has 0 bridgehead atoms. The normalized spacial score (nSPS) is 11.6. The molecule has 8 heteroatoms. The number of carbonyl (C=O) groups is 1. The molecule has 0 aliphatic carbocycles. The number of anilines is 1. The average Bonchev–Trinajstić information content (AvgIpc) is 2.46. The lowest BCUT2D eigenvalue weighted by molar-refractivity contribution is 0.101. The van der Waals surface area contributed by atoms with Crippen LogP contribution < -0.4 is 5.32 Å². The van der Waals surface area contributed by atoms with Crippen molar-refractivity contribution in [2.24, 2.45) is 0 Å². The first kappa shape index (κ1) is 17.2. The summed E-state index contributed by atoms with van der Waals surface area (Å²) in [5.41, 5.74) is 0.216. The van der Waals surface area contributed by atoms with E-state index in [1.54, 1.807) is 6.07 Å². The maximum Gasteiger partial charge on any atom is 0.293 e. The van der Waals surface area contributed by atoms with Crippen LogP contribution in [0.2, 0.25) is 5.15 Å². The van der Waals surface area contributed by atoms with Gasteiger partial charge in [-0.3, -0.25) is 9.78 Å². The quantitative estimate of drug-likeness (QED) is 0.857. The highest BCUT2D eigenvalue weighted by Gasteiger charge is 2.20. The first-order valence-corrected chi connectivity index (χ1v) is 7.15. The van der Waals surface area contributed by atoms with Crippen molar-refractivity contribution in [3.8, 4) is 0 Å². The monoisotopic (exact) mass is 340 g/mol. The minimum Gasteiger partial charge on any atom is -0.318 e. The van der Waals surface area contributed by atoms with Crippen LogP contribution in [0.15, 0.2) is 24.4 Å². The van der Waals surface area contributed by atoms with Gasteiger partial charge in [0.25, 0.3) is 12.3 Å². The van der Waals surface area contributed by atoms with Gasteiger partial charge in [0.05, 0.1) is 17.6 Å². The number of rotatable bonds is 3. The van der Waals surface area contributed by atoms with Gasteiger partial charge in [-0.25, -0.2) is 18.7 Å². The van der Waals surface area contributed by atoms with E-state index in [1.807, 2.05) is 20.8 Å². The number of pyridine rings is 1. The van der Waals surface area contributed by atoms with Gasteiger partial charge in [-0.2, -0.15) is 0 Å². The van der Waals surface area contributed by atoms with E-state index in [0.29, 0.717) is 5.69 Å². The summed E-state index contributed by atoms with van der Waals surface area (Å²) in [5.74, 6) is -0.690. The van der Waals surface area contributed by atoms with Crippen molar-refractivity contribution in [3.63, 3.8) is 0 Å². The predicted octanol–water partition coefficient (Wildman–Crippen LogP) is 4.01. The minimum atomic E-state index is -2.66. The second-order valence-corrected chi connectivity index (χ2v) is 6.26. The molecule has 0 aliphatic heterocycles. The van der Waals surface area contributed by atoms with Crippen LogP contribution in [0.3, 0.4) is 0 Å². The fourth-order valence-electron chi connectivity index (χ4n) is 1.70. The van der Waals surface area contributed by atoms with E-state index < -0.39 is 12.3 Å². The zero-order valence-electron chi connectivity index (χ0n) is 12.8. The van der Waals surface area contributed by atoms with Crippen LogP contribution in [0, 0.1) is 0 Å². The lowest BCUT2D eigenvalue weighted by Gasteiger charge is -2.18. The molecule has 0 radical (unpaired) electrons. The molecule has 2 aromatic heterocycles. The molecular weight excluding hydrogens is 326 g/mol. The lowest BCUT2D eigenvalue weighted by atomic mass is 9.92. The van der Waals surface area contributed by atoms with E-state index >= 15 is 0 Å². The Kier molecular flexibility index (Phi) is 4.89. The third-order valence-corrected chi connectivity index (χ3v) is 3.13. The molecule has 0 fully saturated rings. The Hall–Kier alpha value is -2.15. The van der Waals surface area contributed by atoms with E-state index in [9.17, 15) is 13.6 Å². The van der Waals surface area contributed by atoms with Crippen molar-refractivity contribution in [1.29, 1.82) is 0 Å². The highest BCUT2D eigenvalue weighted by molar-refractivity contribution is 6.29. The van der Waals surface area contributed by atoms with Gasteiger partial charge in [0.15, 0.2) is 0 Å². The van der Waals surface area contributed by atoms with Crippen molar-refractivity contribution in [2.75, 3.05) is 5.32 Å². The fourth-order valence-corrected chi connectivity index (χ4v) is 1.88. The summed E-state index contributed by atoms with van der Waals surface area (Å²) in [6.45, 7) is 5.79. The molecule has 122 valence electrons. The van der Waals surface area contributed by atoms with Gasteiger partial charge in [-0.15, -0.1) is 0 Å². The Balaban J connectivity index is 2.22. The van der Waals surface area contributed by atoms with Crippen molar-refractivity contribution in [3.05, 3.63) is 46.8 Å². The van der Waals surface area contributed by atoms with Crippen molar-refractivity contribution in [2.45, 2.75) is 32.6 Å². The molecule has 5 nitrogen and oxygen atoms in total. The molecule has 0 aromatic carbocycles. The summed E-state index contributed by atoms with van der Waals surface area (Å²) >= 11 is 5.93. The summed E-state index contributed by atoms with van der Waals surface area (Å²) in [6.07, 6.45) is -1.51. The van der Waals surface area contributed by atoms with Gasteiger partial charge in [0, 0.05) is 5.41 Å². The first-order valence-electron chi connectivity index (χ1n) is 6.77. The highest BCUT2D eigenvalue weighted by atomic mass is 35.5. The van der Waals surface area contributed by atoms with Crippen molar-refractivity contribution in [1.82, 2.24) is 15.0 Å². The Labute approximate surface area is 137 Å². The predicted molar refractivity (Wildman–Crippen MR) is 82.9 cm³/mol. The third-order valence-electron chi connectivity index (χ3n) is 2.93. The van der Waals surface area contributed by atoms with E-state index in [1.165, 1.54) is 6.07 Å². The lowest BCUT2D eigenvalue weighted by Crippen LogP contribution is -2.21. The molecule has 0 atom stereocenters. The second-order valence-electron chi connectivity index (χ2n) is 5.88. The summed E-state index contributed by atoms with van der Waals surface area (Å²) in [7, 11) is 0. The molecule has 2 aromatic rings. The van der Waals surface area contributed by atoms with E-state index in [2.05, 4.69) is 20.3 Å².